The summed E-state index contributed by atoms with van der Waals surface area (Å²) in [6.45, 7) is 4.05. The highest BCUT2D eigenvalue weighted by Crippen LogP contribution is 2.28. The largest absolute Gasteiger partial charge is 0.494 e. The van der Waals surface area contributed by atoms with Crippen LogP contribution in [0, 0.1) is 0 Å². The molecule has 94 valence electrons. The quantitative estimate of drug-likeness (QED) is 0.601. The van der Waals surface area contributed by atoms with Crippen LogP contribution >= 0.6 is 0 Å². The molecule has 0 aliphatic heterocycles. The zero-order valence-corrected chi connectivity index (χ0v) is 9.93. The molecule has 0 bridgehead atoms. The van der Waals surface area contributed by atoms with E-state index in [4.69, 9.17) is 19.3 Å². The van der Waals surface area contributed by atoms with Gasteiger partial charge in [-0.2, -0.15) is 0 Å². The van der Waals surface area contributed by atoms with Crippen molar-refractivity contribution >= 4 is 5.97 Å². The minimum absolute atomic E-state index is 0.290. The Labute approximate surface area is 99.9 Å². The van der Waals surface area contributed by atoms with Gasteiger partial charge in [0.15, 0.2) is 0 Å². The van der Waals surface area contributed by atoms with Gasteiger partial charge < -0.3 is 19.3 Å². The molecule has 0 aliphatic rings. The standard InChI is InChI=1S/C12H16O5/c1-3-15-9-5-10(16-4-2)7-11(6-9)17-12(14)8-13/h5-7,13H,3-4,8H2,1-2H3. The Morgan fingerprint density at radius 3 is 1.94 bits per heavy atom. The summed E-state index contributed by atoms with van der Waals surface area (Å²) in [7, 11) is 0. The zero-order valence-electron chi connectivity index (χ0n) is 9.93. The van der Waals surface area contributed by atoms with E-state index in [0.29, 0.717) is 30.5 Å². The second-order valence-electron chi connectivity index (χ2n) is 3.14. The summed E-state index contributed by atoms with van der Waals surface area (Å²) >= 11 is 0. The Balaban J connectivity index is 2.90. The van der Waals surface area contributed by atoms with Crippen LogP contribution in [0.5, 0.6) is 17.2 Å². The van der Waals surface area contributed by atoms with Crippen LogP contribution in [0.4, 0.5) is 0 Å². The van der Waals surface area contributed by atoms with Crippen molar-refractivity contribution in [1.82, 2.24) is 0 Å². The van der Waals surface area contributed by atoms with Gasteiger partial charge in [0.2, 0.25) is 0 Å². The van der Waals surface area contributed by atoms with Crippen molar-refractivity contribution in [3.05, 3.63) is 18.2 Å². The number of carbonyl (C=O) groups is 1. The van der Waals surface area contributed by atoms with E-state index in [2.05, 4.69) is 0 Å². The first-order valence-corrected chi connectivity index (χ1v) is 5.41. The number of carbonyl (C=O) groups excluding carboxylic acids is 1. The maximum atomic E-state index is 11.0. The Kier molecular flexibility index (Phi) is 5.29. The highest BCUT2D eigenvalue weighted by molar-refractivity contribution is 5.73. The summed E-state index contributed by atoms with van der Waals surface area (Å²) in [5.74, 6) is 0.679. The lowest BCUT2D eigenvalue weighted by Gasteiger charge is -2.10. The van der Waals surface area contributed by atoms with Crippen molar-refractivity contribution in [1.29, 1.82) is 0 Å². The molecule has 1 aromatic carbocycles. The van der Waals surface area contributed by atoms with Crippen molar-refractivity contribution in [3.63, 3.8) is 0 Å². The summed E-state index contributed by atoms with van der Waals surface area (Å²) in [6.07, 6.45) is 0. The van der Waals surface area contributed by atoms with E-state index in [1.54, 1.807) is 18.2 Å². The molecule has 0 heterocycles. The van der Waals surface area contributed by atoms with Crippen LogP contribution in [0.15, 0.2) is 18.2 Å². The summed E-state index contributed by atoms with van der Waals surface area (Å²) in [4.78, 5) is 11.0. The smallest absolute Gasteiger partial charge is 0.337 e. The van der Waals surface area contributed by atoms with Crippen molar-refractivity contribution in [2.24, 2.45) is 0 Å². The Morgan fingerprint density at radius 1 is 1.06 bits per heavy atom. The molecule has 1 aromatic rings. The molecule has 5 heteroatoms. The second kappa shape index (κ2) is 6.75. The van der Waals surface area contributed by atoms with Gasteiger partial charge in [-0.1, -0.05) is 0 Å². The molecule has 1 N–H and O–H groups in total. The molecule has 0 unspecified atom stereocenters. The Bertz CT molecular complexity index is 351. The van der Waals surface area contributed by atoms with Crippen LogP contribution in [-0.2, 0) is 4.79 Å². The third-order valence-electron chi connectivity index (χ3n) is 1.84. The number of rotatable bonds is 6. The zero-order chi connectivity index (χ0) is 12.7. The molecule has 0 fully saturated rings. The van der Waals surface area contributed by atoms with Gasteiger partial charge in [-0.15, -0.1) is 0 Å². The Morgan fingerprint density at radius 2 is 1.53 bits per heavy atom. The first-order chi connectivity index (χ1) is 8.19. The normalized spacial score (nSPS) is 9.82. The lowest BCUT2D eigenvalue weighted by Crippen LogP contribution is -2.12. The maximum Gasteiger partial charge on any atom is 0.337 e. The van der Waals surface area contributed by atoms with Crippen LogP contribution in [0.25, 0.3) is 0 Å². The van der Waals surface area contributed by atoms with Gasteiger partial charge in [-0.05, 0) is 13.8 Å². The molecular formula is C12H16O5. The molecule has 0 spiro atoms. The molecule has 5 nitrogen and oxygen atoms in total. The molecule has 0 aliphatic carbocycles. The topological polar surface area (TPSA) is 65.0 Å². The summed E-state index contributed by atoms with van der Waals surface area (Å²) in [6, 6.07) is 4.85. The van der Waals surface area contributed by atoms with E-state index in [-0.39, 0.29) is 0 Å². The van der Waals surface area contributed by atoms with Crippen LogP contribution < -0.4 is 14.2 Å². The van der Waals surface area contributed by atoms with Crippen molar-refractivity contribution in [2.75, 3.05) is 19.8 Å². The van der Waals surface area contributed by atoms with Gasteiger partial charge in [0, 0.05) is 18.2 Å². The van der Waals surface area contributed by atoms with Gasteiger partial charge in [-0.3, -0.25) is 0 Å². The number of hydrogen-bond donors (Lipinski definition) is 1. The predicted molar refractivity (Wildman–Crippen MR) is 61.5 cm³/mol. The van der Waals surface area contributed by atoms with Gasteiger partial charge in [-0.25, -0.2) is 4.79 Å². The van der Waals surface area contributed by atoms with Crippen molar-refractivity contribution < 1.29 is 24.1 Å². The minimum atomic E-state index is -0.721. The fraction of sp³-hybridized carbons (Fsp3) is 0.417. The number of aliphatic hydroxyl groups excluding tert-OH is 1. The fourth-order valence-electron chi connectivity index (χ4n) is 1.27. The monoisotopic (exact) mass is 240 g/mol. The van der Waals surface area contributed by atoms with Crippen LogP contribution in [0.1, 0.15) is 13.8 Å². The van der Waals surface area contributed by atoms with Gasteiger partial charge in [0.05, 0.1) is 13.2 Å². The van der Waals surface area contributed by atoms with Gasteiger partial charge >= 0.3 is 5.97 Å². The van der Waals surface area contributed by atoms with Gasteiger partial charge in [0.1, 0.15) is 23.9 Å². The molecular weight excluding hydrogens is 224 g/mol. The molecule has 0 saturated carbocycles. The fourth-order valence-corrected chi connectivity index (χ4v) is 1.27. The van der Waals surface area contributed by atoms with Crippen LogP contribution in [0.2, 0.25) is 0 Å². The van der Waals surface area contributed by atoms with E-state index in [0.717, 1.165) is 0 Å². The number of aliphatic hydroxyl groups is 1. The number of ether oxygens (including phenoxy) is 3. The van der Waals surface area contributed by atoms with Crippen molar-refractivity contribution in [3.8, 4) is 17.2 Å². The lowest BCUT2D eigenvalue weighted by atomic mass is 10.3. The predicted octanol–water partition coefficient (Wildman–Crippen LogP) is 1.38. The third kappa shape index (κ3) is 4.32. The average molecular weight is 240 g/mol. The Hall–Kier alpha value is -1.75. The average Bonchev–Trinajstić information content (AvgIpc) is 2.29. The van der Waals surface area contributed by atoms with Gasteiger partial charge in [0.25, 0.3) is 0 Å². The molecule has 0 atom stereocenters. The van der Waals surface area contributed by atoms with E-state index >= 15 is 0 Å². The minimum Gasteiger partial charge on any atom is -0.494 e. The highest BCUT2D eigenvalue weighted by atomic mass is 16.5. The third-order valence-corrected chi connectivity index (χ3v) is 1.84. The number of esters is 1. The first-order valence-electron chi connectivity index (χ1n) is 5.41. The summed E-state index contributed by atoms with van der Waals surface area (Å²) in [5, 5.41) is 8.60. The molecule has 0 aromatic heterocycles. The van der Waals surface area contributed by atoms with E-state index in [9.17, 15) is 4.79 Å². The summed E-state index contributed by atoms with van der Waals surface area (Å²) in [5.41, 5.74) is 0. The summed E-state index contributed by atoms with van der Waals surface area (Å²) < 4.78 is 15.5. The number of benzene rings is 1. The maximum absolute atomic E-state index is 11.0. The van der Waals surface area contributed by atoms with E-state index < -0.39 is 12.6 Å². The molecule has 0 amide bonds. The van der Waals surface area contributed by atoms with E-state index in [1.807, 2.05) is 13.8 Å². The highest BCUT2D eigenvalue weighted by Gasteiger charge is 2.07. The van der Waals surface area contributed by atoms with E-state index in [1.165, 1.54) is 0 Å². The SMILES string of the molecule is CCOc1cc(OCC)cc(OC(=O)CO)c1. The van der Waals surface area contributed by atoms with Crippen LogP contribution in [-0.4, -0.2) is 30.9 Å². The molecule has 0 radical (unpaired) electrons. The number of hydrogen-bond acceptors (Lipinski definition) is 5. The molecule has 1 rings (SSSR count). The lowest BCUT2D eigenvalue weighted by molar-refractivity contribution is -0.137. The second-order valence-corrected chi connectivity index (χ2v) is 3.14. The van der Waals surface area contributed by atoms with Crippen LogP contribution in [0.3, 0.4) is 0 Å². The van der Waals surface area contributed by atoms with Crippen molar-refractivity contribution in [2.45, 2.75) is 13.8 Å². The molecule has 0 saturated heterocycles. The molecule has 17 heavy (non-hydrogen) atoms. The first kappa shape index (κ1) is 13.3.